The van der Waals surface area contributed by atoms with Crippen LogP contribution in [0.4, 0.5) is 4.79 Å². The number of methoxy groups -OCH3 is 2. The van der Waals surface area contributed by atoms with Gasteiger partial charge in [0, 0.05) is 36.7 Å². The zero-order chi connectivity index (χ0) is 21.8. The summed E-state index contributed by atoms with van der Waals surface area (Å²) in [7, 11) is 3.22. The Balaban J connectivity index is 2.35. The lowest BCUT2D eigenvalue weighted by molar-refractivity contribution is -0.125. The van der Waals surface area contributed by atoms with E-state index in [0.717, 1.165) is 5.56 Å². The average molecular weight is 406 g/mol. The molecule has 0 unspecified atom stereocenters. The van der Waals surface area contributed by atoms with Gasteiger partial charge < -0.3 is 25.0 Å². The second kappa shape index (κ2) is 9.37. The van der Waals surface area contributed by atoms with Gasteiger partial charge in [-0.15, -0.1) is 0 Å². The fourth-order valence-electron chi connectivity index (χ4n) is 3.52. The van der Waals surface area contributed by atoms with E-state index in [-0.39, 0.29) is 29.3 Å². The quantitative estimate of drug-likeness (QED) is 0.763. The van der Waals surface area contributed by atoms with E-state index in [1.54, 1.807) is 19.1 Å². The van der Waals surface area contributed by atoms with Gasteiger partial charge in [0.25, 0.3) is 0 Å². The summed E-state index contributed by atoms with van der Waals surface area (Å²) in [5.41, 5.74) is 0.528. The molecule has 7 heteroatoms. The molecule has 1 aliphatic rings. The maximum absolute atomic E-state index is 13.0. The second-order valence-electron chi connectivity index (χ2n) is 9.05. The van der Waals surface area contributed by atoms with Crippen molar-refractivity contribution in [1.29, 1.82) is 0 Å². The molecule has 0 saturated carbocycles. The van der Waals surface area contributed by atoms with Crippen molar-refractivity contribution >= 4 is 11.9 Å². The Morgan fingerprint density at radius 3 is 2.41 bits per heavy atom. The number of carbonyl (C=O) groups excluding carboxylic acids is 2. The van der Waals surface area contributed by atoms with Crippen LogP contribution in [0.5, 0.6) is 11.5 Å². The largest absolute Gasteiger partial charge is 0.497 e. The molecule has 7 nitrogen and oxygen atoms in total. The van der Waals surface area contributed by atoms with E-state index in [1.165, 1.54) is 0 Å². The third-order valence-corrected chi connectivity index (χ3v) is 4.95. The monoisotopic (exact) mass is 405 g/mol. The van der Waals surface area contributed by atoms with Crippen molar-refractivity contribution in [2.45, 2.75) is 46.1 Å². The van der Waals surface area contributed by atoms with Gasteiger partial charge in [-0.1, -0.05) is 13.8 Å². The number of carbonyl (C=O) groups is 2. The molecule has 1 aromatic rings. The fraction of sp³-hybridized carbons (Fsp3) is 0.636. The number of rotatable bonds is 6. The van der Waals surface area contributed by atoms with Crippen molar-refractivity contribution in [2.24, 2.45) is 11.8 Å². The SMILES string of the molecule is COc1ccc(OC)c([C@@H]2CN(C(=O)NC(C)(C)C)C[C@@H]2C(=O)NCC(C)C)c1. The first-order valence-corrected chi connectivity index (χ1v) is 10.1. The standard InChI is InChI=1S/C22H35N3O4/c1-14(2)11-23-20(26)18-13-25(21(27)24-22(3,4)5)12-17(18)16-10-15(28-6)8-9-19(16)29-7/h8-10,14,17-18H,11-13H2,1-7H3,(H,23,26)(H,24,27)/t17-,18-/m0/s1. The smallest absolute Gasteiger partial charge is 0.317 e. The number of urea groups is 1. The van der Waals surface area contributed by atoms with E-state index in [9.17, 15) is 9.59 Å². The van der Waals surface area contributed by atoms with Crippen LogP contribution in [-0.2, 0) is 4.79 Å². The van der Waals surface area contributed by atoms with E-state index in [4.69, 9.17) is 9.47 Å². The summed E-state index contributed by atoms with van der Waals surface area (Å²) < 4.78 is 10.9. The molecular weight excluding hydrogens is 370 g/mol. The molecule has 1 saturated heterocycles. The minimum Gasteiger partial charge on any atom is -0.497 e. The van der Waals surface area contributed by atoms with Crippen LogP contribution in [0.15, 0.2) is 18.2 Å². The number of hydrogen-bond acceptors (Lipinski definition) is 4. The summed E-state index contributed by atoms with van der Waals surface area (Å²) >= 11 is 0. The molecular formula is C22H35N3O4. The van der Waals surface area contributed by atoms with Crippen molar-refractivity contribution in [3.8, 4) is 11.5 Å². The molecule has 0 spiro atoms. The Morgan fingerprint density at radius 2 is 1.86 bits per heavy atom. The maximum atomic E-state index is 13.0. The molecule has 1 fully saturated rings. The lowest BCUT2D eigenvalue weighted by Gasteiger charge is -2.25. The van der Waals surface area contributed by atoms with Gasteiger partial charge in [-0.2, -0.15) is 0 Å². The third-order valence-electron chi connectivity index (χ3n) is 4.95. The molecule has 1 aliphatic heterocycles. The highest BCUT2D eigenvalue weighted by Crippen LogP contribution is 2.39. The number of nitrogens with one attached hydrogen (secondary N) is 2. The van der Waals surface area contributed by atoms with Crippen molar-refractivity contribution in [1.82, 2.24) is 15.5 Å². The molecule has 29 heavy (non-hydrogen) atoms. The van der Waals surface area contributed by atoms with Gasteiger partial charge in [-0.05, 0) is 44.9 Å². The normalized spacial score (nSPS) is 19.2. The van der Waals surface area contributed by atoms with E-state index in [1.807, 2.05) is 39.0 Å². The number of likely N-dealkylation sites (tertiary alicyclic amines) is 1. The van der Waals surface area contributed by atoms with Crippen LogP contribution in [0.3, 0.4) is 0 Å². The highest BCUT2D eigenvalue weighted by Gasteiger charge is 2.42. The van der Waals surface area contributed by atoms with E-state index in [2.05, 4.69) is 24.5 Å². The van der Waals surface area contributed by atoms with Crippen LogP contribution >= 0.6 is 0 Å². The fourth-order valence-corrected chi connectivity index (χ4v) is 3.52. The Kier molecular flexibility index (Phi) is 7.38. The van der Waals surface area contributed by atoms with Crippen LogP contribution in [0.25, 0.3) is 0 Å². The van der Waals surface area contributed by atoms with E-state index in [0.29, 0.717) is 37.1 Å². The first-order chi connectivity index (χ1) is 13.6. The van der Waals surface area contributed by atoms with Crippen LogP contribution in [0.1, 0.15) is 46.1 Å². The van der Waals surface area contributed by atoms with Crippen molar-refractivity contribution in [3.05, 3.63) is 23.8 Å². The van der Waals surface area contributed by atoms with E-state index < -0.39 is 0 Å². The molecule has 1 aromatic carbocycles. The predicted octanol–water partition coefficient (Wildman–Crippen LogP) is 3.00. The third kappa shape index (κ3) is 6.02. The zero-order valence-electron chi connectivity index (χ0n) is 18.7. The number of ether oxygens (including phenoxy) is 2. The molecule has 2 N–H and O–H groups in total. The van der Waals surface area contributed by atoms with Gasteiger partial charge in [0.2, 0.25) is 5.91 Å². The van der Waals surface area contributed by atoms with Crippen molar-refractivity contribution < 1.29 is 19.1 Å². The Labute approximate surface area is 174 Å². The molecule has 162 valence electrons. The van der Waals surface area contributed by atoms with Crippen LogP contribution in [0.2, 0.25) is 0 Å². The lowest BCUT2D eigenvalue weighted by atomic mass is 9.87. The Morgan fingerprint density at radius 1 is 1.17 bits per heavy atom. The summed E-state index contributed by atoms with van der Waals surface area (Å²) in [5, 5.41) is 6.02. The van der Waals surface area contributed by atoms with E-state index >= 15 is 0 Å². The number of nitrogens with zero attached hydrogens (tertiary/aromatic N) is 1. The number of benzene rings is 1. The Bertz CT molecular complexity index is 727. The lowest BCUT2D eigenvalue weighted by Crippen LogP contribution is -2.48. The Hall–Kier alpha value is -2.44. The maximum Gasteiger partial charge on any atom is 0.317 e. The zero-order valence-corrected chi connectivity index (χ0v) is 18.7. The second-order valence-corrected chi connectivity index (χ2v) is 9.05. The molecule has 1 heterocycles. The summed E-state index contributed by atoms with van der Waals surface area (Å²) in [5.74, 6) is 1.15. The highest BCUT2D eigenvalue weighted by molar-refractivity contribution is 5.83. The summed E-state index contributed by atoms with van der Waals surface area (Å²) in [6.07, 6.45) is 0. The van der Waals surface area contributed by atoms with Gasteiger partial charge in [-0.3, -0.25) is 4.79 Å². The van der Waals surface area contributed by atoms with Crippen LogP contribution in [-0.4, -0.2) is 56.2 Å². The van der Waals surface area contributed by atoms with Gasteiger partial charge in [0.05, 0.1) is 20.1 Å². The molecule has 0 bridgehead atoms. The minimum absolute atomic E-state index is 0.0420. The molecule has 2 atom stereocenters. The first-order valence-electron chi connectivity index (χ1n) is 10.1. The molecule has 0 aromatic heterocycles. The molecule has 0 radical (unpaired) electrons. The molecule has 3 amide bonds. The van der Waals surface area contributed by atoms with Gasteiger partial charge in [0.1, 0.15) is 11.5 Å². The topological polar surface area (TPSA) is 79.9 Å². The van der Waals surface area contributed by atoms with Crippen LogP contribution < -0.4 is 20.1 Å². The molecule has 2 rings (SSSR count). The first kappa shape index (κ1) is 22.8. The predicted molar refractivity (Wildman–Crippen MR) is 113 cm³/mol. The summed E-state index contributed by atoms with van der Waals surface area (Å²) in [6.45, 7) is 11.3. The average Bonchev–Trinajstić information content (AvgIpc) is 3.09. The van der Waals surface area contributed by atoms with Gasteiger partial charge in [-0.25, -0.2) is 4.79 Å². The number of amides is 3. The van der Waals surface area contributed by atoms with Gasteiger partial charge >= 0.3 is 6.03 Å². The molecule has 0 aliphatic carbocycles. The van der Waals surface area contributed by atoms with Crippen LogP contribution in [0, 0.1) is 11.8 Å². The van der Waals surface area contributed by atoms with Crippen molar-refractivity contribution in [2.75, 3.05) is 33.9 Å². The summed E-state index contributed by atoms with van der Waals surface area (Å²) in [4.78, 5) is 27.5. The highest BCUT2D eigenvalue weighted by atomic mass is 16.5. The minimum atomic E-state index is -0.361. The number of hydrogen-bond donors (Lipinski definition) is 2. The summed E-state index contributed by atoms with van der Waals surface area (Å²) in [6, 6.07) is 5.41. The van der Waals surface area contributed by atoms with Gasteiger partial charge in [0.15, 0.2) is 0 Å². The van der Waals surface area contributed by atoms with Crippen molar-refractivity contribution in [3.63, 3.8) is 0 Å².